The fraction of sp³-hybridized carbons (Fsp3) is 0.500. The number of hydrogen-bond acceptors (Lipinski definition) is 4. The van der Waals surface area contributed by atoms with Crippen molar-refractivity contribution in [3.8, 4) is 5.75 Å². The first kappa shape index (κ1) is 8.93. The highest BCUT2D eigenvalue weighted by Crippen LogP contribution is 2.03. The quantitative estimate of drug-likeness (QED) is 0.707. The highest BCUT2D eigenvalue weighted by Gasteiger charge is 1.98. The predicted octanol–water partition coefficient (Wildman–Crippen LogP) is 0.463. The Morgan fingerprint density at radius 2 is 2.17 bits per heavy atom. The van der Waals surface area contributed by atoms with Crippen LogP contribution in [0.15, 0.2) is 18.7 Å². The zero-order valence-electron chi connectivity index (χ0n) is 7.32. The van der Waals surface area contributed by atoms with Crippen molar-refractivity contribution in [3.63, 3.8) is 0 Å². The summed E-state index contributed by atoms with van der Waals surface area (Å²) < 4.78 is 5.37. The summed E-state index contributed by atoms with van der Waals surface area (Å²) >= 11 is 0. The van der Waals surface area contributed by atoms with Gasteiger partial charge in [-0.05, 0) is 14.0 Å². The van der Waals surface area contributed by atoms with Gasteiger partial charge in [0.25, 0.3) is 0 Å². The van der Waals surface area contributed by atoms with E-state index in [4.69, 9.17) is 4.74 Å². The highest BCUT2D eigenvalue weighted by molar-refractivity contribution is 5.09. The minimum Gasteiger partial charge on any atom is -0.489 e. The van der Waals surface area contributed by atoms with Crippen LogP contribution in [0.2, 0.25) is 0 Å². The average Bonchev–Trinajstić information content (AvgIpc) is 2.16. The molecule has 0 aliphatic rings. The molecule has 0 spiro atoms. The van der Waals surface area contributed by atoms with Crippen molar-refractivity contribution in [3.05, 3.63) is 18.7 Å². The largest absolute Gasteiger partial charge is 0.489 e. The maximum Gasteiger partial charge on any atom is 0.155 e. The lowest BCUT2D eigenvalue weighted by molar-refractivity contribution is 0.278. The molecular formula is C8H13N3O. The molecule has 0 amide bonds. The van der Waals surface area contributed by atoms with Crippen molar-refractivity contribution >= 4 is 0 Å². The Balaban J connectivity index is 2.33. The Hall–Kier alpha value is -1.16. The van der Waals surface area contributed by atoms with Crippen LogP contribution in [-0.4, -0.2) is 29.7 Å². The van der Waals surface area contributed by atoms with E-state index in [1.807, 2.05) is 14.0 Å². The zero-order chi connectivity index (χ0) is 8.81. The normalized spacial score (nSPS) is 12.5. The molecule has 12 heavy (non-hydrogen) atoms. The number of nitrogens with zero attached hydrogens (tertiary/aromatic N) is 2. The molecule has 0 fully saturated rings. The molecule has 0 radical (unpaired) electrons. The molecule has 1 aromatic rings. The van der Waals surface area contributed by atoms with Crippen molar-refractivity contribution in [2.45, 2.75) is 13.0 Å². The van der Waals surface area contributed by atoms with E-state index in [0.717, 1.165) is 0 Å². The SMILES string of the molecule is CN[C@@H](C)COc1cncnc1. The lowest BCUT2D eigenvalue weighted by Gasteiger charge is -2.10. The molecule has 0 saturated heterocycles. The lowest BCUT2D eigenvalue weighted by Crippen LogP contribution is -2.28. The van der Waals surface area contributed by atoms with Gasteiger partial charge >= 0.3 is 0 Å². The molecule has 0 aromatic carbocycles. The summed E-state index contributed by atoms with van der Waals surface area (Å²) in [5.74, 6) is 0.708. The first-order valence-corrected chi connectivity index (χ1v) is 3.88. The Bertz CT molecular complexity index is 215. The van der Waals surface area contributed by atoms with E-state index >= 15 is 0 Å². The number of likely N-dealkylation sites (N-methyl/N-ethyl adjacent to an activating group) is 1. The topological polar surface area (TPSA) is 47.0 Å². The maximum atomic E-state index is 5.37. The van der Waals surface area contributed by atoms with Gasteiger partial charge in [0, 0.05) is 6.04 Å². The van der Waals surface area contributed by atoms with Crippen molar-refractivity contribution in [2.24, 2.45) is 0 Å². The van der Waals surface area contributed by atoms with Gasteiger partial charge in [-0.15, -0.1) is 0 Å². The third-order valence-electron chi connectivity index (χ3n) is 1.53. The Kier molecular flexibility index (Phi) is 3.47. The molecule has 0 saturated carbocycles. The van der Waals surface area contributed by atoms with E-state index < -0.39 is 0 Å². The van der Waals surface area contributed by atoms with Crippen molar-refractivity contribution in [2.75, 3.05) is 13.7 Å². The third-order valence-corrected chi connectivity index (χ3v) is 1.53. The molecule has 4 nitrogen and oxygen atoms in total. The van der Waals surface area contributed by atoms with Gasteiger partial charge in [-0.2, -0.15) is 0 Å². The first-order valence-electron chi connectivity index (χ1n) is 3.88. The average molecular weight is 167 g/mol. The molecule has 0 bridgehead atoms. The summed E-state index contributed by atoms with van der Waals surface area (Å²) in [7, 11) is 1.90. The molecule has 0 unspecified atom stereocenters. The van der Waals surface area contributed by atoms with Gasteiger partial charge in [0.2, 0.25) is 0 Å². The van der Waals surface area contributed by atoms with Crippen LogP contribution in [0.3, 0.4) is 0 Å². The van der Waals surface area contributed by atoms with E-state index in [-0.39, 0.29) is 0 Å². The van der Waals surface area contributed by atoms with Crippen LogP contribution >= 0.6 is 0 Å². The van der Waals surface area contributed by atoms with Crippen LogP contribution < -0.4 is 10.1 Å². The van der Waals surface area contributed by atoms with Crippen LogP contribution in [0.1, 0.15) is 6.92 Å². The smallest absolute Gasteiger partial charge is 0.155 e. The van der Waals surface area contributed by atoms with Gasteiger partial charge < -0.3 is 10.1 Å². The summed E-state index contributed by atoms with van der Waals surface area (Å²) in [6.45, 7) is 2.67. The lowest BCUT2D eigenvalue weighted by atomic mass is 10.4. The Morgan fingerprint density at radius 1 is 1.50 bits per heavy atom. The molecule has 1 aromatic heterocycles. The molecule has 4 heteroatoms. The fourth-order valence-corrected chi connectivity index (χ4v) is 0.665. The molecule has 1 rings (SSSR count). The van der Waals surface area contributed by atoms with E-state index in [0.29, 0.717) is 18.4 Å². The van der Waals surface area contributed by atoms with Gasteiger partial charge in [0.05, 0.1) is 12.4 Å². The van der Waals surface area contributed by atoms with Crippen LogP contribution in [0, 0.1) is 0 Å². The fourth-order valence-electron chi connectivity index (χ4n) is 0.665. The monoisotopic (exact) mass is 167 g/mol. The van der Waals surface area contributed by atoms with Crippen LogP contribution in [0.5, 0.6) is 5.75 Å². The number of aromatic nitrogens is 2. The number of rotatable bonds is 4. The minimum absolute atomic E-state index is 0.338. The minimum atomic E-state index is 0.338. The summed E-state index contributed by atoms with van der Waals surface area (Å²) in [6, 6.07) is 0.338. The van der Waals surface area contributed by atoms with Gasteiger partial charge in [0.15, 0.2) is 5.75 Å². The van der Waals surface area contributed by atoms with E-state index in [1.165, 1.54) is 6.33 Å². The van der Waals surface area contributed by atoms with E-state index in [2.05, 4.69) is 15.3 Å². The van der Waals surface area contributed by atoms with Crippen molar-refractivity contribution in [1.82, 2.24) is 15.3 Å². The van der Waals surface area contributed by atoms with E-state index in [9.17, 15) is 0 Å². The zero-order valence-corrected chi connectivity index (χ0v) is 7.32. The second-order valence-electron chi connectivity index (χ2n) is 2.57. The van der Waals surface area contributed by atoms with Gasteiger partial charge in [-0.25, -0.2) is 9.97 Å². The van der Waals surface area contributed by atoms with Crippen LogP contribution in [0.4, 0.5) is 0 Å². The summed E-state index contributed by atoms with van der Waals surface area (Å²) in [5, 5.41) is 3.07. The van der Waals surface area contributed by atoms with Crippen molar-refractivity contribution in [1.29, 1.82) is 0 Å². The van der Waals surface area contributed by atoms with Crippen LogP contribution in [0.25, 0.3) is 0 Å². The molecule has 1 N–H and O–H groups in total. The molecule has 1 heterocycles. The van der Waals surface area contributed by atoms with Crippen molar-refractivity contribution < 1.29 is 4.74 Å². The van der Waals surface area contributed by atoms with Crippen LogP contribution in [-0.2, 0) is 0 Å². The molecule has 1 atom stereocenters. The third kappa shape index (κ3) is 2.84. The molecule has 66 valence electrons. The van der Waals surface area contributed by atoms with Gasteiger partial charge in [-0.3, -0.25) is 0 Å². The second-order valence-corrected chi connectivity index (χ2v) is 2.57. The molecular weight excluding hydrogens is 154 g/mol. The van der Waals surface area contributed by atoms with E-state index in [1.54, 1.807) is 12.4 Å². The maximum absolute atomic E-state index is 5.37. The highest BCUT2D eigenvalue weighted by atomic mass is 16.5. The molecule has 0 aliphatic carbocycles. The van der Waals surface area contributed by atoms with Gasteiger partial charge in [-0.1, -0.05) is 0 Å². The second kappa shape index (κ2) is 4.66. The molecule has 0 aliphatic heterocycles. The predicted molar refractivity (Wildman–Crippen MR) is 46.0 cm³/mol. The Morgan fingerprint density at radius 3 is 2.75 bits per heavy atom. The van der Waals surface area contributed by atoms with Gasteiger partial charge in [0.1, 0.15) is 12.9 Å². The number of nitrogens with one attached hydrogen (secondary N) is 1. The Labute approximate surface area is 72.0 Å². The summed E-state index contributed by atoms with van der Waals surface area (Å²) in [4.78, 5) is 7.66. The standard InChI is InChI=1S/C8H13N3O/c1-7(9-2)5-12-8-3-10-6-11-4-8/h3-4,6-7,9H,5H2,1-2H3/t7-/m0/s1. The summed E-state index contributed by atoms with van der Waals surface area (Å²) in [5.41, 5.74) is 0. The number of ether oxygens (including phenoxy) is 1. The summed E-state index contributed by atoms with van der Waals surface area (Å²) in [6.07, 6.45) is 4.78. The number of hydrogen-bond donors (Lipinski definition) is 1. The first-order chi connectivity index (χ1) is 5.83.